The molecule has 0 saturated carbocycles. The first kappa shape index (κ1) is 18.9. The molecule has 1 aromatic carbocycles. The van der Waals surface area contributed by atoms with Crippen LogP contribution in [0.15, 0.2) is 29.5 Å². The number of methoxy groups -OCH3 is 1. The van der Waals surface area contributed by atoms with Gasteiger partial charge in [0.2, 0.25) is 0 Å². The minimum absolute atomic E-state index is 0.0216. The van der Waals surface area contributed by atoms with E-state index in [2.05, 4.69) is 10.6 Å². The normalized spacial score (nSPS) is 16.8. The van der Waals surface area contributed by atoms with Gasteiger partial charge in [-0.05, 0) is 31.5 Å². The first-order valence-electron chi connectivity index (χ1n) is 7.90. The summed E-state index contributed by atoms with van der Waals surface area (Å²) in [6.45, 7) is 4.28. The van der Waals surface area contributed by atoms with Crippen LogP contribution in [0, 0.1) is 0 Å². The number of esters is 1. The molecular formula is C17H21ClN2O5. The Hall–Kier alpha value is -2.41. The minimum Gasteiger partial charge on any atom is -0.493 e. The Bertz CT molecular complexity index is 690. The van der Waals surface area contributed by atoms with Crippen molar-refractivity contribution in [3.63, 3.8) is 0 Å². The number of amides is 2. The number of nitrogens with one attached hydrogen (secondary N) is 2. The molecule has 136 valence electrons. The average Bonchev–Trinajstić information content (AvgIpc) is 2.61. The van der Waals surface area contributed by atoms with E-state index in [-0.39, 0.29) is 18.1 Å². The molecule has 8 heteroatoms. The van der Waals surface area contributed by atoms with E-state index >= 15 is 0 Å². The Kier molecular flexibility index (Phi) is 6.52. The summed E-state index contributed by atoms with van der Waals surface area (Å²) in [5.41, 5.74) is 1.24. The van der Waals surface area contributed by atoms with Crippen molar-refractivity contribution in [2.75, 3.05) is 26.2 Å². The number of benzene rings is 1. The second-order valence-corrected chi connectivity index (χ2v) is 5.39. The number of allylic oxidation sites excluding steroid dienone is 1. The van der Waals surface area contributed by atoms with Crippen molar-refractivity contribution >= 4 is 23.6 Å². The van der Waals surface area contributed by atoms with Crippen LogP contribution in [0.1, 0.15) is 25.5 Å². The lowest BCUT2D eigenvalue weighted by Gasteiger charge is -2.29. The highest BCUT2D eigenvalue weighted by atomic mass is 35.5. The van der Waals surface area contributed by atoms with Crippen LogP contribution in [-0.2, 0) is 9.53 Å². The second kappa shape index (κ2) is 8.62. The Labute approximate surface area is 151 Å². The van der Waals surface area contributed by atoms with Crippen LogP contribution in [0.4, 0.5) is 4.79 Å². The fraction of sp³-hybridized carbons (Fsp3) is 0.412. The molecule has 1 aromatic rings. The van der Waals surface area contributed by atoms with E-state index in [1.54, 1.807) is 25.1 Å². The number of rotatable bonds is 7. The second-order valence-electron chi connectivity index (χ2n) is 5.12. The number of carbonyl (C=O) groups is 2. The van der Waals surface area contributed by atoms with Gasteiger partial charge in [0.05, 0.1) is 37.8 Å². The van der Waals surface area contributed by atoms with E-state index in [0.29, 0.717) is 29.4 Å². The Morgan fingerprint density at radius 3 is 2.60 bits per heavy atom. The summed E-state index contributed by atoms with van der Waals surface area (Å²) in [4.78, 5) is 24.3. The molecule has 0 aliphatic carbocycles. The van der Waals surface area contributed by atoms with Gasteiger partial charge in [-0.3, -0.25) is 0 Å². The van der Waals surface area contributed by atoms with Crippen molar-refractivity contribution in [2.45, 2.75) is 19.9 Å². The highest BCUT2D eigenvalue weighted by molar-refractivity contribution is 6.20. The number of hydrogen-bond acceptors (Lipinski definition) is 5. The zero-order chi connectivity index (χ0) is 18.4. The molecular weight excluding hydrogens is 348 g/mol. The van der Waals surface area contributed by atoms with Crippen molar-refractivity contribution in [2.24, 2.45) is 0 Å². The van der Waals surface area contributed by atoms with Crippen molar-refractivity contribution in [1.29, 1.82) is 0 Å². The van der Waals surface area contributed by atoms with Gasteiger partial charge in [-0.2, -0.15) is 0 Å². The zero-order valence-electron chi connectivity index (χ0n) is 14.3. The maximum absolute atomic E-state index is 12.4. The smallest absolute Gasteiger partial charge is 0.338 e. The zero-order valence-corrected chi connectivity index (χ0v) is 15.1. The third kappa shape index (κ3) is 4.17. The quantitative estimate of drug-likeness (QED) is 0.570. The van der Waals surface area contributed by atoms with E-state index in [1.807, 2.05) is 6.92 Å². The molecule has 7 nitrogen and oxygen atoms in total. The van der Waals surface area contributed by atoms with E-state index in [9.17, 15) is 9.59 Å². The van der Waals surface area contributed by atoms with Gasteiger partial charge < -0.3 is 24.8 Å². The molecule has 1 heterocycles. The summed E-state index contributed by atoms with van der Waals surface area (Å²) in [5.74, 6) is 0.520. The number of ether oxygens (including phenoxy) is 3. The fourth-order valence-corrected chi connectivity index (χ4v) is 2.77. The third-order valence-electron chi connectivity index (χ3n) is 3.60. The highest BCUT2D eigenvalue weighted by Gasteiger charge is 2.33. The Morgan fingerprint density at radius 1 is 1.24 bits per heavy atom. The largest absolute Gasteiger partial charge is 0.493 e. The summed E-state index contributed by atoms with van der Waals surface area (Å²) in [7, 11) is 1.52. The maximum atomic E-state index is 12.4. The van der Waals surface area contributed by atoms with E-state index in [1.165, 1.54) is 7.11 Å². The van der Waals surface area contributed by atoms with Crippen LogP contribution >= 0.6 is 11.6 Å². The molecule has 2 amide bonds. The van der Waals surface area contributed by atoms with Crippen molar-refractivity contribution in [1.82, 2.24) is 10.6 Å². The standard InChI is InChI=1S/C17H21ClN2O5/c1-4-24-12-7-6-10(8-13(12)23-3)15-14(16(21)25-5-2)11(9-18)19-17(22)20-15/h6-8,15H,4-5,9H2,1-3H3,(H2,19,20,22). The highest BCUT2D eigenvalue weighted by Crippen LogP contribution is 2.34. The van der Waals surface area contributed by atoms with E-state index in [0.717, 1.165) is 0 Å². The summed E-state index contributed by atoms with van der Waals surface area (Å²) < 4.78 is 16.0. The molecule has 1 atom stereocenters. The topological polar surface area (TPSA) is 85.9 Å². The van der Waals surface area contributed by atoms with Crippen LogP contribution in [0.2, 0.25) is 0 Å². The van der Waals surface area contributed by atoms with Gasteiger partial charge in [-0.1, -0.05) is 6.07 Å². The minimum atomic E-state index is -0.703. The molecule has 1 aliphatic heterocycles. The molecule has 0 aromatic heterocycles. The predicted molar refractivity (Wildman–Crippen MR) is 93.0 cm³/mol. The summed E-state index contributed by atoms with van der Waals surface area (Å²) in [5, 5.41) is 5.28. The molecule has 0 radical (unpaired) electrons. The summed E-state index contributed by atoms with van der Waals surface area (Å²) in [6.07, 6.45) is 0. The van der Waals surface area contributed by atoms with Gasteiger partial charge >= 0.3 is 12.0 Å². The number of hydrogen-bond donors (Lipinski definition) is 2. The Morgan fingerprint density at radius 2 is 2.00 bits per heavy atom. The Balaban J connectivity index is 2.49. The summed E-state index contributed by atoms with van der Waals surface area (Å²) in [6, 6.07) is 4.06. The summed E-state index contributed by atoms with van der Waals surface area (Å²) >= 11 is 5.91. The maximum Gasteiger partial charge on any atom is 0.338 e. The van der Waals surface area contributed by atoms with Gasteiger partial charge in [0.1, 0.15) is 0 Å². The van der Waals surface area contributed by atoms with E-state index in [4.69, 9.17) is 25.8 Å². The first-order chi connectivity index (χ1) is 12.0. The lowest BCUT2D eigenvalue weighted by atomic mass is 9.95. The van der Waals surface area contributed by atoms with Crippen LogP contribution in [0.5, 0.6) is 11.5 Å². The molecule has 25 heavy (non-hydrogen) atoms. The number of urea groups is 1. The van der Waals surface area contributed by atoms with Crippen molar-refractivity contribution in [3.8, 4) is 11.5 Å². The van der Waals surface area contributed by atoms with Crippen LogP contribution < -0.4 is 20.1 Å². The van der Waals surface area contributed by atoms with Gasteiger partial charge in [-0.25, -0.2) is 9.59 Å². The predicted octanol–water partition coefficient (Wildman–Crippen LogP) is 2.50. The van der Waals surface area contributed by atoms with Crippen LogP contribution in [0.3, 0.4) is 0 Å². The van der Waals surface area contributed by atoms with E-state index < -0.39 is 18.0 Å². The number of halogens is 1. The SMILES string of the molecule is CCOC(=O)C1=C(CCl)NC(=O)NC1c1ccc(OCC)c(OC)c1. The molecule has 2 N–H and O–H groups in total. The number of alkyl halides is 1. The van der Waals surface area contributed by atoms with Gasteiger partial charge in [0.15, 0.2) is 11.5 Å². The molecule has 1 unspecified atom stereocenters. The molecule has 0 bridgehead atoms. The molecule has 0 spiro atoms. The number of carbonyl (C=O) groups excluding carboxylic acids is 2. The molecule has 1 aliphatic rings. The van der Waals surface area contributed by atoms with Crippen molar-refractivity contribution < 1.29 is 23.8 Å². The first-order valence-corrected chi connectivity index (χ1v) is 8.43. The molecule has 0 saturated heterocycles. The average molecular weight is 369 g/mol. The lowest BCUT2D eigenvalue weighted by Crippen LogP contribution is -2.46. The van der Waals surface area contributed by atoms with Gasteiger partial charge in [-0.15, -0.1) is 11.6 Å². The van der Waals surface area contributed by atoms with Crippen LogP contribution in [-0.4, -0.2) is 38.2 Å². The van der Waals surface area contributed by atoms with Gasteiger partial charge in [0.25, 0.3) is 0 Å². The monoisotopic (exact) mass is 368 g/mol. The lowest BCUT2D eigenvalue weighted by molar-refractivity contribution is -0.139. The van der Waals surface area contributed by atoms with Gasteiger partial charge in [0, 0.05) is 5.70 Å². The molecule has 2 rings (SSSR count). The molecule has 0 fully saturated rings. The van der Waals surface area contributed by atoms with Crippen molar-refractivity contribution in [3.05, 3.63) is 35.0 Å². The fourth-order valence-electron chi connectivity index (χ4n) is 2.56. The third-order valence-corrected chi connectivity index (χ3v) is 3.87. The van der Waals surface area contributed by atoms with Crippen LogP contribution in [0.25, 0.3) is 0 Å².